The normalized spacial score (nSPS) is 13.2. The summed E-state index contributed by atoms with van der Waals surface area (Å²) in [4.78, 5) is 9.90. The number of ether oxygens (including phenoxy) is 1. The Bertz CT molecular complexity index is 75.8. The first-order valence-corrected chi connectivity index (χ1v) is 4.67. The van der Waals surface area contributed by atoms with Crippen molar-refractivity contribution in [1.82, 2.24) is 0 Å². The number of rotatable bonds is 8. The molecule has 0 rings (SSSR count). The first-order chi connectivity index (χ1) is 5.81. The molecule has 1 atom stereocenters. The lowest BCUT2D eigenvalue weighted by Crippen LogP contribution is -2.16. The molecule has 0 aliphatic heterocycles. The minimum Gasteiger partial charge on any atom is -0.379 e. The van der Waals surface area contributed by atoms with Crippen molar-refractivity contribution in [1.29, 1.82) is 0 Å². The Hall–Kier alpha value is -0.120. The first-order valence-electron chi connectivity index (χ1n) is 4.67. The summed E-state index contributed by atoms with van der Waals surface area (Å²) in [7, 11) is 0. The van der Waals surface area contributed by atoms with Crippen LogP contribution in [0.2, 0.25) is 0 Å². The third-order valence-electron chi connectivity index (χ3n) is 1.22. The lowest BCUT2D eigenvalue weighted by molar-refractivity contribution is -0.326. The zero-order chi connectivity index (χ0) is 9.23. The molecule has 0 aliphatic rings. The fourth-order valence-corrected chi connectivity index (χ4v) is 0.669. The Kier molecular flexibility index (Phi) is 8.88. The molecule has 3 heteroatoms. The molecule has 3 nitrogen and oxygen atoms in total. The summed E-state index contributed by atoms with van der Waals surface area (Å²) < 4.78 is 5.27. The van der Waals surface area contributed by atoms with Gasteiger partial charge in [-0.25, -0.2) is 9.78 Å². The molecule has 0 spiro atoms. The summed E-state index contributed by atoms with van der Waals surface area (Å²) in [6.45, 7) is 8.11. The molecule has 12 heavy (non-hydrogen) atoms. The Labute approximate surface area is 74.9 Å². The van der Waals surface area contributed by atoms with E-state index in [0.29, 0.717) is 13.2 Å². The van der Waals surface area contributed by atoms with Gasteiger partial charge in [0, 0.05) is 6.61 Å². The molecule has 0 amide bonds. The monoisotopic (exact) mass is 176 g/mol. The quantitative estimate of drug-likeness (QED) is 0.322. The molecule has 0 heterocycles. The lowest BCUT2D eigenvalue weighted by Gasteiger charge is -2.11. The average molecular weight is 176 g/mol. The van der Waals surface area contributed by atoms with Gasteiger partial charge >= 0.3 is 0 Å². The van der Waals surface area contributed by atoms with Gasteiger partial charge < -0.3 is 4.74 Å². The van der Waals surface area contributed by atoms with Crippen LogP contribution in [0.1, 0.15) is 33.6 Å². The number of hydrogen-bond donors (Lipinski definition) is 0. The van der Waals surface area contributed by atoms with E-state index in [1.54, 1.807) is 0 Å². The largest absolute Gasteiger partial charge is 0.379 e. The summed E-state index contributed by atoms with van der Waals surface area (Å²) in [6, 6.07) is 0. The van der Waals surface area contributed by atoms with Crippen molar-refractivity contribution in [3.8, 4) is 0 Å². The minimum absolute atomic E-state index is 0.0306. The van der Waals surface area contributed by atoms with Gasteiger partial charge in [-0.15, -0.1) is 0 Å². The van der Waals surface area contributed by atoms with Gasteiger partial charge in [0.2, 0.25) is 0 Å². The summed E-state index contributed by atoms with van der Waals surface area (Å²) >= 11 is 0. The van der Waals surface area contributed by atoms with Gasteiger partial charge in [-0.1, -0.05) is 13.8 Å². The van der Waals surface area contributed by atoms with Crippen LogP contribution in [0.5, 0.6) is 0 Å². The molecule has 0 N–H and O–H groups in total. The molecule has 0 bridgehead atoms. The highest BCUT2D eigenvalue weighted by atomic mass is 17.2. The van der Waals surface area contributed by atoms with Gasteiger partial charge in [-0.05, 0) is 19.8 Å². The van der Waals surface area contributed by atoms with Crippen molar-refractivity contribution < 1.29 is 14.5 Å². The Morgan fingerprint density at radius 1 is 1.08 bits per heavy atom. The van der Waals surface area contributed by atoms with Crippen LogP contribution in [0.4, 0.5) is 0 Å². The SMILES string of the molecule is CCCOCC(C)OOCCC. The molecular formula is C9H20O3. The van der Waals surface area contributed by atoms with Crippen LogP contribution in [0, 0.1) is 0 Å². The van der Waals surface area contributed by atoms with Gasteiger partial charge in [0.25, 0.3) is 0 Å². The second-order valence-corrected chi connectivity index (χ2v) is 2.80. The number of hydrogen-bond acceptors (Lipinski definition) is 3. The second-order valence-electron chi connectivity index (χ2n) is 2.80. The van der Waals surface area contributed by atoms with Crippen molar-refractivity contribution in [2.45, 2.75) is 39.7 Å². The van der Waals surface area contributed by atoms with Crippen molar-refractivity contribution in [2.75, 3.05) is 19.8 Å². The minimum atomic E-state index is 0.0306. The third-order valence-corrected chi connectivity index (χ3v) is 1.22. The van der Waals surface area contributed by atoms with Gasteiger partial charge in [0.15, 0.2) is 0 Å². The highest BCUT2D eigenvalue weighted by Crippen LogP contribution is 1.94. The van der Waals surface area contributed by atoms with E-state index in [-0.39, 0.29) is 6.10 Å². The summed E-state index contributed by atoms with van der Waals surface area (Å²) in [5, 5.41) is 0. The zero-order valence-electron chi connectivity index (χ0n) is 8.34. The molecule has 74 valence electrons. The molecule has 0 fully saturated rings. The van der Waals surface area contributed by atoms with Gasteiger partial charge in [0.05, 0.1) is 13.2 Å². The van der Waals surface area contributed by atoms with E-state index in [9.17, 15) is 0 Å². The second kappa shape index (κ2) is 8.97. The van der Waals surface area contributed by atoms with E-state index < -0.39 is 0 Å². The van der Waals surface area contributed by atoms with Gasteiger partial charge in [0.1, 0.15) is 6.10 Å². The summed E-state index contributed by atoms with van der Waals surface area (Å²) in [6.07, 6.45) is 2.05. The van der Waals surface area contributed by atoms with Crippen LogP contribution in [0.15, 0.2) is 0 Å². The van der Waals surface area contributed by atoms with E-state index in [0.717, 1.165) is 19.4 Å². The summed E-state index contributed by atoms with van der Waals surface area (Å²) in [5.74, 6) is 0. The van der Waals surface area contributed by atoms with E-state index in [2.05, 4.69) is 6.92 Å². The highest BCUT2D eigenvalue weighted by molar-refractivity contribution is 4.42. The summed E-state index contributed by atoms with van der Waals surface area (Å²) in [5.41, 5.74) is 0. The van der Waals surface area contributed by atoms with Crippen LogP contribution in [-0.2, 0) is 14.5 Å². The zero-order valence-corrected chi connectivity index (χ0v) is 8.34. The first kappa shape index (κ1) is 11.9. The van der Waals surface area contributed by atoms with Crippen molar-refractivity contribution in [3.05, 3.63) is 0 Å². The van der Waals surface area contributed by atoms with Gasteiger partial charge in [-0.2, -0.15) is 0 Å². The lowest BCUT2D eigenvalue weighted by atomic mass is 10.4. The Balaban J connectivity index is 3.04. The van der Waals surface area contributed by atoms with Crippen molar-refractivity contribution in [2.24, 2.45) is 0 Å². The van der Waals surface area contributed by atoms with Crippen LogP contribution in [0.25, 0.3) is 0 Å². The van der Waals surface area contributed by atoms with Crippen LogP contribution < -0.4 is 0 Å². The molecule has 0 aliphatic carbocycles. The van der Waals surface area contributed by atoms with E-state index in [1.165, 1.54) is 0 Å². The van der Waals surface area contributed by atoms with E-state index in [4.69, 9.17) is 14.5 Å². The molecule has 0 aromatic rings. The molecule has 0 aromatic heterocycles. The smallest absolute Gasteiger partial charge is 0.113 e. The van der Waals surface area contributed by atoms with Crippen LogP contribution in [-0.4, -0.2) is 25.9 Å². The molecule has 0 radical (unpaired) electrons. The van der Waals surface area contributed by atoms with Crippen molar-refractivity contribution in [3.63, 3.8) is 0 Å². The Morgan fingerprint density at radius 3 is 2.33 bits per heavy atom. The fraction of sp³-hybridized carbons (Fsp3) is 1.00. The molecular weight excluding hydrogens is 156 g/mol. The van der Waals surface area contributed by atoms with Crippen LogP contribution >= 0.6 is 0 Å². The standard InChI is InChI=1S/C9H20O3/c1-4-6-10-8-9(3)12-11-7-5-2/h9H,4-8H2,1-3H3. The van der Waals surface area contributed by atoms with E-state index in [1.807, 2.05) is 13.8 Å². The van der Waals surface area contributed by atoms with E-state index >= 15 is 0 Å². The van der Waals surface area contributed by atoms with Crippen molar-refractivity contribution >= 4 is 0 Å². The molecule has 1 unspecified atom stereocenters. The average Bonchev–Trinajstić information content (AvgIpc) is 2.06. The predicted molar refractivity (Wildman–Crippen MR) is 47.9 cm³/mol. The fourth-order valence-electron chi connectivity index (χ4n) is 0.669. The predicted octanol–water partition coefficient (Wildman–Crippen LogP) is 2.16. The maximum absolute atomic E-state index is 5.27. The Morgan fingerprint density at radius 2 is 1.75 bits per heavy atom. The molecule has 0 saturated carbocycles. The molecule has 0 aromatic carbocycles. The maximum Gasteiger partial charge on any atom is 0.113 e. The van der Waals surface area contributed by atoms with Crippen LogP contribution in [0.3, 0.4) is 0 Å². The molecule has 0 saturated heterocycles. The topological polar surface area (TPSA) is 27.7 Å². The van der Waals surface area contributed by atoms with Gasteiger partial charge in [-0.3, -0.25) is 0 Å². The highest BCUT2D eigenvalue weighted by Gasteiger charge is 2.01. The maximum atomic E-state index is 5.27. The third kappa shape index (κ3) is 7.98.